The maximum atomic E-state index is 12.4. The van der Waals surface area contributed by atoms with Crippen LogP contribution in [0.1, 0.15) is 46.0 Å². The zero-order valence-corrected chi connectivity index (χ0v) is 19.3. The fourth-order valence-corrected chi connectivity index (χ4v) is 6.37. The number of benzene rings is 1. The zero-order chi connectivity index (χ0) is 22.3. The van der Waals surface area contributed by atoms with Gasteiger partial charge in [-0.1, -0.05) is 35.3 Å². The molecule has 1 aromatic carbocycles. The Bertz CT molecular complexity index is 871. The van der Waals surface area contributed by atoms with E-state index in [2.05, 4.69) is 5.32 Å². The Morgan fingerprint density at radius 2 is 1.60 bits per heavy atom. The lowest BCUT2D eigenvalue weighted by Gasteiger charge is -2.58. The van der Waals surface area contributed by atoms with Crippen molar-refractivity contribution in [3.05, 3.63) is 34.3 Å². The van der Waals surface area contributed by atoms with E-state index in [1.807, 2.05) is 16.9 Å². The Morgan fingerprint density at radius 3 is 2.00 bits per heavy atom. The van der Waals surface area contributed by atoms with E-state index in [9.17, 15) is 18.3 Å². The quantitative estimate of drug-likeness (QED) is 0.495. The van der Waals surface area contributed by atoms with Crippen molar-refractivity contribution in [3.63, 3.8) is 0 Å². The van der Waals surface area contributed by atoms with Crippen molar-refractivity contribution < 1.29 is 22.9 Å². The van der Waals surface area contributed by atoms with Crippen LogP contribution >= 0.6 is 23.2 Å². The van der Waals surface area contributed by atoms with Crippen molar-refractivity contribution in [2.75, 3.05) is 0 Å². The van der Waals surface area contributed by atoms with Gasteiger partial charge in [-0.25, -0.2) is 0 Å². The summed E-state index contributed by atoms with van der Waals surface area (Å²) < 4.78 is 32.8. The van der Waals surface area contributed by atoms with Gasteiger partial charge in [-0.05, 0) is 75.8 Å². The lowest BCUT2D eigenvalue weighted by Crippen LogP contribution is -2.65. The van der Waals surface area contributed by atoms with Crippen LogP contribution in [0.15, 0.2) is 24.3 Å². The molecule has 7 nitrogen and oxygen atoms in total. The van der Waals surface area contributed by atoms with Gasteiger partial charge in [-0.3, -0.25) is 9.35 Å². The molecular formula is C20H28Cl2N2O5S. The molecule has 1 aromatic rings. The van der Waals surface area contributed by atoms with Gasteiger partial charge in [0.05, 0.1) is 15.6 Å². The van der Waals surface area contributed by atoms with Crippen LogP contribution in [-0.2, 0) is 15.1 Å². The minimum absolute atomic E-state index is 0.0215. The predicted octanol–water partition coefficient (Wildman–Crippen LogP) is 3.21. The molecule has 1 amide bonds. The molecule has 4 saturated carbocycles. The molecule has 0 aromatic heterocycles. The molecule has 4 bridgehead atoms. The molecule has 5 rings (SSSR count). The number of hydrogen-bond acceptors (Lipinski definition) is 4. The topological polar surface area (TPSA) is 116 Å². The number of hydrogen-bond donors (Lipinski definition) is 4. The molecule has 0 radical (unpaired) electrons. The van der Waals surface area contributed by atoms with Crippen LogP contribution in [0.25, 0.3) is 0 Å². The van der Waals surface area contributed by atoms with Crippen molar-refractivity contribution >= 4 is 39.4 Å². The van der Waals surface area contributed by atoms with Crippen molar-refractivity contribution in [2.24, 2.45) is 17.8 Å². The summed E-state index contributed by atoms with van der Waals surface area (Å²) in [6, 6.07) is 7.17. The van der Waals surface area contributed by atoms with Gasteiger partial charge in [-0.15, -0.1) is 0 Å². The van der Waals surface area contributed by atoms with Crippen LogP contribution in [0.3, 0.4) is 0 Å². The second-order valence-corrected chi connectivity index (χ2v) is 11.3. The van der Waals surface area contributed by atoms with E-state index in [-0.39, 0.29) is 17.9 Å². The molecule has 4 fully saturated rings. The number of nitrogens with one attached hydrogen (secondary N) is 2. The lowest BCUT2D eigenvalue weighted by atomic mass is 9.52. The molecular weight excluding hydrogens is 451 g/mol. The summed E-state index contributed by atoms with van der Waals surface area (Å²) in [4.78, 5) is 12.4. The van der Waals surface area contributed by atoms with E-state index in [0.29, 0.717) is 28.8 Å². The molecule has 0 spiro atoms. The van der Waals surface area contributed by atoms with E-state index in [1.165, 1.54) is 13.8 Å². The molecule has 30 heavy (non-hydrogen) atoms. The summed E-state index contributed by atoms with van der Waals surface area (Å²) in [6.07, 6.45) is 4.30. The number of rotatable bonds is 4. The average molecular weight is 479 g/mol. The number of halogens is 2. The first-order valence-corrected chi connectivity index (χ1v) is 12.2. The van der Waals surface area contributed by atoms with E-state index in [0.717, 1.165) is 19.3 Å². The van der Waals surface area contributed by atoms with Crippen LogP contribution < -0.4 is 10.0 Å². The fraction of sp³-hybridized carbons (Fsp3) is 0.650. The normalized spacial score (nSPS) is 32.3. The van der Waals surface area contributed by atoms with Crippen LogP contribution in [0.2, 0.25) is 10.0 Å². The Balaban J connectivity index is 0.000000269. The van der Waals surface area contributed by atoms with Gasteiger partial charge in [0.2, 0.25) is 5.91 Å². The average Bonchev–Trinajstić information content (AvgIpc) is 2.57. The molecule has 10 heteroatoms. The molecule has 0 saturated heterocycles. The van der Waals surface area contributed by atoms with Gasteiger partial charge in [0.15, 0.2) is 0 Å². The van der Waals surface area contributed by atoms with Gasteiger partial charge in [-0.2, -0.15) is 13.1 Å². The van der Waals surface area contributed by atoms with Crippen molar-refractivity contribution in [3.8, 4) is 0 Å². The van der Waals surface area contributed by atoms with E-state index in [4.69, 9.17) is 27.8 Å². The highest BCUT2D eigenvalue weighted by Crippen LogP contribution is 2.55. The van der Waals surface area contributed by atoms with Crippen LogP contribution in [0.5, 0.6) is 0 Å². The largest absolute Gasteiger partial charge is 0.390 e. The maximum absolute atomic E-state index is 12.4. The Labute approximate surface area is 187 Å². The van der Waals surface area contributed by atoms with Crippen LogP contribution in [0, 0.1) is 17.8 Å². The number of carbonyl (C=O) groups excluding carboxylic acids is 1. The second kappa shape index (κ2) is 8.56. The first-order chi connectivity index (χ1) is 13.8. The highest BCUT2D eigenvalue weighted by Gasteiger charge is 2.55. The SMILES string of the molecule is CC(C)(NS(=O)(=O)O)C(=O)NC1C2CC3CC1CC(O)(C3)C2.Clc1ccccc1Cl. The predicted molar refractivity (Wildman–Crippen MR) is 116 cm³/mol. The minimum Gasteiger partial charge on any atom is -0.390 e. The molecule has 4 aliphatic carbocycles. The van der Waals surface area contributed by atoms with Gasteiger partial charge < -0.3 is 10.4 Å². The molecule has 2 unspecified atom stereocenters. The van der Waals surface area contributed by atoms with Crippen molar-refractivity contribution in [1.29, 1.82) is 0 Å². The summed E-state index contributed by atoms with van der Waals surface area (Å²) in [5.74, 6) is 0.595. The molecule has 168 valence electrons. The summed E-state index contributed by atoms with van der Waals surface area (Å²) in [5, 5.41) is 14.7. The Kier molecular flexibility index (Phi) is 6.78. The highest BCUT2D eigenvalue weighted by atomic mass is 35.5. The molecule has 2 atom stereocenters. The molecule has 0 heterocycles. The van der Waals surface area contributed by atoms with Crippen LogP contribution in [-0.4, -0.2) is 41.2 Å². The van der Waals surface area contributed by atoms with E-state index < -0.39 is 27.4 Å². The highest BCUT2D eigenvalue weighted by molar-refractivity contribution is 7.83. The Morgan fingerprint density at radius 1 is 1.10 bits per heavy atom. The maximum Gasteiger partial charge on any atom is 0.334 e. The van der Waals surface area contributed by atoms with Crippen molar-refractivity contribution in [2.45, 2.75) is 63.1 Å². The first kappa shape index (κ1) is 23.8. The van der Waals surface area contributed by atoms with Gasteiger partial charge >= 0.3 is 10.3 Å². The van der Waals surface area contributed by atoms with Gasteiger partial charge in [0.25, 0.3) is 0 Å². The third-order valence-electron chi connectivity index (χ3n) is 6.31. The molecule has 4 N–H and O–H groups in total. The third-order valence-corrected chi connectivity index (χ3v) is 7.84. The van der Waals surface area contributed by atoms with Crippen LogP contribution in [0.4, 0.5) is 0 Å². The number of aliphatic hydroxyl groups is 1. The van der Waals surface area contributed by atoms with E-state index in [1.54, 1.807) is 12.1 Å². The standard InChI is InChI=1S/C14H24N2O5S.C6H4Cl2/c1-13(2,16-22(19,20)21)12(17)15-11-9-3-8-4-10(11)7-14(18,5-8)6-9;7-5-3-1-2-4-6(5)8/h8-11,16,18H,3-7H2,1-2H3,(H,15,17)(H,19,20,21);1-4H. The minimum atomic E-state index is -4.45. The number of amides is 1. The van der Waals surface area contributed by atoms with E-state index >= 15 is 0 Å². The summed E-state index contributed by atoms with van der Waals surface area (Å²) in [5.41, 5.74) is -1.99. The smallest absolute Gasteiger partial charge is 0.334 e. The van der Waals surface area contributed by atoms with Gasteiger partial charge in [0, 0.05) is 6.04 Å². The zero-order valence-electron chi connectivity index (χ0n) is 16.9. The third kappa shape index (κ3) is 5.66. The summed E-state index contributed by atoms with van der Waals surface area (Å²) in [7, 11) is -4.45. The lowest BCUT2D eigenvalue weighted by molar-refractivity contribution is -0.148. The summed E-state index contributed by atoms with van der Waals surface area (Å²) >= 11 is 11.2. The number of carbonyl (C=O) groups is 1. The van der Waals surface area contributed by atoms with Crippen molar-refractivity contribution in [1.82, 2.24) is 10.0 Å². The first-order valence-electron chi connectivity index (χ1n) is 9.98. The molecule has 4 aliphatic rings. The Hall–Kier alpha value is -0.900. The fourth-order valence-electron chi connectivity index (χ4n) is 5.36. The monoisotopic (exact) mass is 478 g/mol. The summed E-state index contributed by atoms with van der Waals surface area (Å²) in [6.45, 7) is 2.83. The molecule has 0 aliphatic heterocycles. The second-order valence-electron chi connectivity index (χ2n) is 9.31. The van der Waals surface area contributed by atoms with Gasteiger partial charge in [0.1, 0.15) is 5.54 Å².